The first-order valence-electron chi connectivity index (χ1n) is 10.0. The SMILES string of the molecule is CCC(C)(Pc1ccc(F)cc1C=Nc1ccccc1)c1cc(OC)cc(OC)c1O. The summed E-state index contributed by atoms with van der Waals surface area (Å²) >= 11 is 0. The standard InChI is InChI=1S/C25H27FNO3P/c1-5-25(2,21-14-20(29-3)15-22(30-4)24(21)28)31-23-12-11-18(26)13-17(23)16-27-19-9-7-6-8-10-19/h6-16,28,31H,5H2,1-4H3. The maximum Gasteiger partial charge on any atom is 0.164 e. The number of phenols is 1. The minimum absolute atomic E-state index is 0.0989. The number of benzene rings is 3. The van der Waals surface area contributed by atoms with E-state index in [4.69, 9.17) is 9.47 Å². The van der Waals surface area contributed by atoms with Crippen LogP contribution >= 0.6 is 8.58 Å². The van der Waals surface area contributed by atoms with Gasteiger partial charge in [-0.25, -0.2) is 4.39 Å². The van der Waals surface area contributed by atoms with Crippen LogP contribution in [0.2, 0.25) is 0 Å². The van der Waals surface area contributed by atoms with Crippen molar-refractivity contribution in [2.75, 3.05) is 14.2 Å². The van der Waals surface area contributed by atoms with Crippen molar-refractivity contribution < 1.29 is 19.0 Å². The highest BCUT2D eigenvalue weighted by atomic mass is 31.1. The molecule has 0 bridgehead atoms. The number of rotatable bonds is 8. The molecule has 1 N–H and O–H groups in total. The second kappa shape index (κ2) is 9.93. The van der Waals surface area contributed by atoms with Crippen LogP contribution < -0.4 is 14.8 Å². The zero-order valence-corrected chi connectivity index (χ0v) is 19.1. The summed E-state index contributed by atoms with van der Waals surface area (Å²) in [6.45, 7) is 4.15. The molecule has 0 fully saturated rings. The van der Waals surface area contributed by atoms with Crippen molar-refractivity contribution in [2.24, 2.45) is 4.99 Å². The maximum absolute atomic E-state index is 14.0. The Hall–Kier alpha value is -2.91. The number of hydrogen-bond donors (Lipinski definition) is 1. The van der Waals surface area contributed by atoms with E-state index in [1.165, 1.54) is 19.2 Å². The molecule has 6 heteroatoms. The summed E-state index contributed by atoms with van der Waals surface area (Å²) in [5, 5.41) is 11.4. The monoisotopic (exact) mass is 439 g/mol. The van der Waals surface area contributed by atoms with E-state index in [1.807, 2.05) is 36.4 Å². The van der Waals surface area contributed by atoms with Gasteiger partial charge in [0.25, 0.3) is 0 Å². The van der Waals surface area contributed by atoms with Crippen molar-refractivity contribution in [3.8, 4) is 17.2 Å². The molecule has 0 saturated carbocycles. The molecule has 3 rings (SSSR count). The van der Waals surface area contributed by atoms with Gasteiger partial charge in [0.2, 0.25) is 0 Å². The minimum atomic E-state index is -0.418. The number of phenolic OH excluding ortho intramolecular Hbond substituents is 1. The zero-order chi connectivity index (χ0) is 22.4. The molecule has 0 aliphatic rings. The van der Waals surface area contributed by atoms with Crippen LogP contribution in [0.3, 0.4) is 0 Å². The first-order valence-corrected chi connectivity index (χ1v) is 11.0. The van der Waals surface area contributed by atoms with E-state index >= 15 is 0 Å². The van der Waals surface area contributed by atoms with Gasteiger partial charge >= 0.3 is 0 Å². The molecule has 0 aliphatic carbocycles. The molecule has 3 aromatic rings. The first kappa shape index (κ1) is 22.8. The molecule has 2 atom stereocenters. The largest absolute Gasteiger partial charge is 0.504 e. The first-order chi connectivity index (χ1) is 14.9. The Kier molecular flexibility index (Phi) is 7.29. The number of para-hydroxylation sites is 1. The molecule has 0 radical (unpaired) electrons. The van der Waals surface area contributed by atoms with Gasteiger partial charge in [0.05, 0.1) is 19.9 Å². The van der Waals surface area contributed by atoms with E-state index in [0.717, 1.165) is 28.5 Å². The van der Waals surface area contributed by atoms with Gasteiger partial charge in [-0.1, -0.05) is 46.7 Å². The van der Waals surface area contributed by atoms with Crippen LogP contribution in [0.15, 0.2) is 65.7 Å². The minimum Gasteiger partial charge on any atom is -0.504 e. The van der Waals surface area contributed by atoms with Crippen molar-refractivity contribution in [2.45, 2.75) is 25.4 Å². The normalized spacial score (nSPS) is 13.6. The topological polar surface area (TPSA) is 51.0 Å². The van der Waals surface area contributed by atoms with Crippen molar-refractivity contribution in [3.63, 3.8) is 0 Å². The highest BCUT2D eigenvalue weighted by molar-refractivity contribution is 7.48. The van der Waals surface area contributed by atoms with E-state index < -0.39 is 5.16 Å². The van der Waals surface area contributed by atoms with Crippen LogP contribution in [0.4, 0.5) is 10.1 Å². The average molecular weight is 439 g/mol. The second-order valence-electron chi connectivity index (χ2n) is 7.36. The lowest BCUT2D eigenvalue weighted by Gasteiger charge is -2.31. The van der Waals surface area contributed by atoms with Gasteiger partial charge in [0.15, 0.2) is 11.5 Å². The Morgan fingerprint density at radius 3 is 2.45 bits per heavy atom. The Bertz CT molecular complexity index is 1070. The quantitative estimate of drug-likeness (QED) is 0.350. The summed E-state index contributed by atoms with van der Waals surface area (Å²) in [7, 11) is 3.35. The van der Waals surface area contributed by atoms with Crippen LogP contribution in [0.1, 0.15) is 31.4 Å². The molecule has 2 unspecified atom stereocenters. The molecule has 31 heavy (non-hydrogen) atoms. The van der Waals surface area contributed by atoms with Gasteiger partial charge in [-0.3, -0.25) is 4.99 Å². The fraction of sp³-hybridized carbons (Fsp3) is 0.240. The third kappa shape index (κ3) is 5.23. The molecule has 0 saturated heterocycles. The average Bonchev–Trinajstić information content (AvgIpc) is 2.80. The van der Waals surface area contributed by atoms with Gasteiger partial charge < -0.3 is 14.6 Å². The molecule has 3 aromatic carbocycles. The highest BCUT2D eigenvalue weighted by Gasteiger charge is 2.31. The Balaban J connectivity index is 2.03. The molecular formula is C25H27FNO3P. The van der Waals surface area contributed by atoms with Gasteiger partial charge in [0.1, 0.15) is 11.6 Å². The highest BCUT2D eigenvalue weighted by Crippen LogP contribution is 2.51. The van der Waals surface area contributed by atoms with Crippen molar-refractivity contribution in [1.29, 1.82) is 0 Å². The number of hydrogen-bond acceptors (Lipinski definition) is 4. The Morgan fingerprint density at radius 2 is 1.81 bits per heavy atom. The molecular weight excluding hydrogens is 412 g/mol. The molecule has 0 aliphatic heterocycles. The molecule has 0 spiro atoms. The number of aliphatic imine (C=N–C) groups is 1. The lowest BCUT2D eigenvalue weighted by molar-refractivity contribution is 0.357. The molecule has 4 nitrogen and oxygen atoms in total. The summed E-state index contributed by atoms with van der Waals surface area (Å²) in [6.07, 6.45) is 2.45. The summed E-state index contributed by atoms with van der Waals surface area (Å²) in [6, 6.07) is 17.8. The molecule has 0 amide bonds. The van der Waals surface area contributed by atoms with E-state index in [0.29, 0.717) is 11.5 Å². The van der Waals surface area contributed by atoms with Gasteiger partial charge in [-0.05, 0) is 42.1 Å². The van der Waals surface area contributed by atoms with Crippen LogP contribution in [-0.2, 0) is 5.16 Å². The Labute approximate surface area is 184 Å². The van der Waals surface area contributed by atoms with Crippen molar-refractivity contribution in [3.05, 3.63) is 77.6 Å². The van der Waals surface area contributed by atoms with Crippen LogP contribution in [0, 0.1) is 5.82 Å². The third-order valence-corrected chi connectivity index (χ3v) is 7.24. The van der Waals surface area contributed by atoms with Gasteiger partial charge in [-0.15, -0.1) is 0 Å². The maximum atomic E-state index is 14.0. The molecule has 0 heterocycles. The number of halogens is 1. The number of aromatic hydroxyl groups is 1. The number of ether oxygens (including phenoxy) is 2. The number of nitrogens with zero attached hydrogens (tertiary/aromatic N) is 1. The lowest BCUT2D eigenvalue weighted by Crippen LogP contribution is -2.20. The summed E-state index contributed by atoms with van der Waals surface area (Å²) < 4.78 is 24.8. The fourth-order valence-electron chi connectivity index (χ4n) is 3.33. The third-order valence-electron chi connectivity index (χ3n) is 5.34. The van der Waals surface area contributed by atoms with E-state index in [2.05, 4.69) is 18.8 Å². The summed E-state index contributed by atoms with van der Waals surface area (Å²) in [4.78, 5) is 4.50. The molecule has 0 aromatic heterocycles. The molecule has 162 valence electrons. The van der Waals surface area contributed by atoms with E-state index in [9.17, 15) is 9.50 Å². The summed E-state index contributed by atoms with van der Waals surface area (Å²) in [5.74, 6) is 0.761. The van der Waals surface area contributed by atoms with Gasteiger partial charge in [-0.2, -0.15) is 0 Å². The lowest BCUT2D eigenvalue weighted by atomic mass is 9.95. The van der Waals surface area contributed by atoms with Crippen LogP contribution in [0.25, 0.3) is 0 Å². The predicted octanol–water partition coefficient (Wildman–Crippen LogP) is 5.93. The van der Waals surface area contributed by atoms with Crippen LogP contribution in [-0.4, -0.2) is 25.5 Å². The zero-order valence-electron chi connectivity index (χ0n) is 18.1. The second-order valence-corrected chi connectivity index (χ2v) is 9.25. The van der Waals surface area contributed by atoms with Crippen molar-refractivity contribution >= 4 is 25.8 Å². The summed E-state index contributed by atoms with van der Waals surface area (Å²) in [5.41, 5.74) is 2.26. The Morgan fingerprint density at radius 1 is 1.06 bits per heavy atom. The van der Waals surface area contributed by atoms with Gasteiger partial charge in [0, 0.05) is 28.6 Å². The smallest absolute Gasteiger partial charge is 0.164 e. The number of methoxy groups -OCH3 is 2. The predicted molar refractivity (Wildman–Crippen MR) is 127 cm³/mol. The van der Waals surface area contributed by atoms with Crippen LogP contribution in [0.5, 0.6) is 17.2 Å². The van der Waals surface area contributed by atoms with E-state index in [1.54, 1.807) is 25.5 Å². The van der Waals surface area contributed by atoms with E-state index in [-0.39, 0.29) is 20.1 Å². The fourth-order valence-corrected chi connectivity index (χ4v) is 4.88. The van der Waals surface area contributed by atoms with Crippen molar-refractivity contribution in [1.82, 2.24) is 0 Å².